The molecule has 0 radical (unpaired) electrons. The molecule has 0 aromatic heterocycles. The van der Waals surface area contributed by atoms with Crippen LogP contribution in [-0.4, -0.2) is 13.1 Å². The third-order valence-electron chi connectivity index (χ3n) is 4.31. The minimum Gasteiger partial charge on any atom is -0.317 e. The Hall–Kier alpha value is -0.820. The van der Waals surface area contributed by atoms with Crippen molar-refractivity contribution in [2.45, 2.75) is 59.8 Å². The highest BCUT2D eigenvalue weighted by Crippen LogP contribution is 2.36. The molecule has 1 heteroatoms. The number of rotatable bonds is 7. The van der Waals surface area contributed by atoms with E-state index < -0.39 is 0 Å². The summed E-state index contributed by atoms with van der Waals surface area (Å²) in [4.78, 5) is 0. The van der Waals surface area contributed by atoms with E-state index in [1.54, 1.807) is 5.57 Å². The van der Waals surface area contributed by atoms with Gasteiger partial charge < -0.3 is 5.32 Å². The molecule has 0 amide bonds. The molecular weight excluding hydrogens is 230 g/mol. The van der Waals surface area contributed by atoms with Crippen molar-refractivity contribution in [3.8, 4) is 0 Å². The molecule has 1 nitrogen and oxygen atoms in total. The normalized spacial score (nSPS) is 18.6. The van der Waals surface area contributed by atoms with Crippen LogP contribution in [0.25, 0.3) is 0 Å². The quantitative estimate of drug-likeness (QED) is 0.501. The fraction of sp³-hybridized carbons (Fsp3) is 0.667. The predicted octanol–water partition coefficient (Wildman–Crippen LogP) is 5.02. The van der Waals surface area contributed by atoms with Crippen LogP contribution in [0.3, 0.4) is 0 Å². The van der Waals surface area contributed by atoms with Gasteiger partial charge in [0, 0.05) is 0 Å². The van der Waals surface area contributed by atoms with Gasteiger partial charge in [-0.05, 0) is 75.8 Å². The average molecular weight is 261 g/mol. The molecule has 1 rings (SSSR count). The molecule has 19 heavy (non-hydrogen) atoms. The van der Waals surface area contributed by atoms with Crippen molar-refractivity contribution in [1.29, 1.82) is 0 Å². The monoisotopic (exact) mass is 261 g/mol. The number of hydrogen-bond donors (Lipinski definition) is 1. The zero-order valence-electron chi connectivity index (χ0n) is 13.3. The minimum absolute atomic E-state index is 0.790. The topological polar surface area (TPSA) is 12.0 Å². The molecule has 1 fully saturated rings. The van der Waals surface area contributed by atoms with E-state index in [2.05, 4.69) is 45.7 Å². The van der Waals surface area contributed by atoms with Gasteiger partial charge in [-0.3, -0.25) is 0 Å². The smallest absolute Gasteiger partial charge is 0.000827 e. The molecular formula is C18H31N. The summed E-state index contributed by atoms with van der Waals surface area (Å²) in [6, 6.07) is 0. The first-order valence-corrected chi connectivity index (χ1v) is 7.84. The lowest BCUT2D eigenvalue weighted by molar-refractivity contribution is 0.643. The summed E-state index contributed by atoms with van der Waals surface area (Å²) < 4.78 is 0. The maximum atomic E-state index is 4.19. The summed E-state index contributed by atoms with van der Waals surface area (Å²) in [5.74, 6) is 0.790. The molecule has 1 saturated carbocycles. The second-order valence-corrected chi connectivity index (χ2v) is 5.71. The maximum Gasteiger partial charge on any atom is -0.000827 e. The van der Waals surface area contributed by atoms with E-state index in [-0.39, 0.29) is 0 Å². The Balaban J connectivity index is 2.88. The fourth-order valence-electron chi connectivity index (χ4n) is 3.28. The van der Waals surface area contributed by atoms with E-state index in [0.717, 1.165) is 25.4 Å². The van der Waals surface area contributed by atoms with E-state index in [1.165, 1.54) is 42.4 Å². The molecule has 0 aliphatic heterocycles. The summed E-state index contributed by atoms with van der Waals surface area (Å²) in [6.45, 7) is 15.1. The third kappa shape index (κ3) is 4.65. The Morgan fingerprint density at radius 2 is 1.89 bits per heavy atom. The van der Waals surface area contributed by atoms with Crippen LogP contribution in [0.15, 0.2) is 34.9 Å². The fourth-order valence-corrected chi connectivity index (χ4v) is 3.28. The Bertz CT molecular complexity index is 354. The second-order valence-electron chi connectivity index (χ2n) is 5.71. The Morgan fingerprint density at radius 3 is 2.37 bits per heavy atom. The molecule has 0 aromatic rings. The van der Waals surface area contributed by atoms with Crippen LogP contribution in [-0.2, 0) is 0 Å². The lowest BCUT2D eigenvalue weighted by Crippen LogP contribution is -2.15. The summed E-state index contributed by atoms with van der Waals surface area (Å²) in [6.07, 6.45) is 8.96. The molecule has 1 aliphatic rings. The summed E-state index contributed by atoms with van der Waals surface area (Å²) in [5, 5.41) is 3.42. The van der Waals surface area contributed by atoms with Crippen molar-refractivity contribution in [3.05, 3.63) is 34.9 Å². The van der Waals surface area contributed by atoms with Crippen LogP contribution in [0.2, 0.25) is 0 Å². The molecule has 0 aromatic carbocycles. The summed E-state index contributed by atoms with van der Waals surface area (Å²) >= 11 is 0. The highest BCUT2D eigenvalue weighted by Gasteiger charge is 2.21. The lowest BCUT2D eigenvalue weighted by Gasteiger charge is -2.20. The number of allylic oxidation sites excluding steroid dienone is 4. The number of hydrogen-bond acceptors (Lipinski definition) is 1. The molecule has 1 aliphatic carbocycles. The Kier molecular flexibility index (Phi) is 7.15. The van der Waals surface area contributed by atoms with Gasteiger partial charge in [0.25, 0.3) is 0 Å². The van der Waals surface area contributed by atoms with Gasteiger partial charge in [-0.1, -0.05) is 38.0 Å². The van der Waals surface area contributed by atoms with Crippen molar-refractivity contribution in [2.75, 3.05) is 13.1 Å². The van der Waals surface area contributed by atoms with Crippen LogP contribution in [0.5, 0.6) is 0 Å². The molecule has 1 N–H and O–H groups in total. The minimum atomic E-state index is 0.790. The molecule has 0 atom stereocenters. The predicted molar refractivity (Wildman–Crippen MR) is 86.4 cm³/mol. The largest absolute Gasteiger partial charge is 0.317 e. The van der Waals surface area contributed by atoms with Crippen LogP contribution < -0.4 is 5.32 Å². The van der Waals surface area contributed by atoms with Gasteiger partial charge in [-0.2, -0.15) is 0 Å². The summed E-state index contributed by atoms with van der Waals surface area (Å²) in [7, 11) is 0. The van der Waals surface area contributed by atoms with Gasteiger partial charge in [0.05, 0.1) is 0 Å². The molecule has 108 valence electrons. The van der Waals surface area contributed by atoms with Crippen molar-refractivity contribution >= 4 is 0 Å². The van der Waals surface area contributed by atoms with Crippen molar-refractivity contribution in [3.63, 3.8) is 0 Å². The van der Waals surface area contributed by atoms with Crippen molar-refractivity contribution < 1.29 is 0 Å². The zero-order valence-corrected chi connectivity index (χ0v) is 13.3. The van der Waals surface area contributed by atoms with Crippen LogP contribution >= 0.6 is 0 Å². The van der Waals surface area contributed by atoms with Crippen molar-refractivity contribution in [2.24, 2.45) is 5.92 Å². The van der Waals surface area contributed by atoms with Gasteiger partial charge >= 0.3 is 0 Å². The zero-order chi connectivity index (χ0) is 14.3. The number of nitrogens with one attached hydrogen (secondary N) is 1. The lowest BCUT2D eigenvalue weighted by atomic mass is 9.86. The average Bonchev–Trinajstić information content (AvgIpc) is 2.88. The molecule has 0 bridgehead atoms. The summed E-state index contributed by atoms with van der Waals surface area (Å²) in [5.41, 5.74) is 5.75. The maximum absolute atomic E-state index is 4.19. The van der Waals surface area contributed by atoms with Crippen LogP contribution in [0.4, 0.5) is 0 Å². The highest BCUT2D eigenvalue weighted by atomic mass is 14.8. The standard InChI is InChI=1S/C18H31N/c1-6-17(16-10-8-9-11-16)15(5)18(14(3)4)12-13-19-7-2/h6,16,19H,3,7-13H2,1-2,4-5H3/b17-6-,18-15+. The van der Waals surface area contributed by atoms with E-state index in [1.807, 2.05) is 0 Å². The van der Waals surface area contributed by atoms with E-state index in [9.17, 15) is 0 Å². The first kappa shape index (κ1) is 16.2. The van der Waals surface area contributed by atoms with Gasteiger partial charge in [0.2, 0.25) is 0 Å². The second kappa shape index (κ2) is 8.37. The first-order chi connectivity index (χ1) is 9.11. The van der Waals surface area contributed by atoms with E-state index >= 15 is 0 Å². The van der Waals surface area contributed by atoms with Gasteiger partial charge in [0.15, 0.2) is 0 Å². The molecule has 0 unspecified atom stereocenters. The molecule has 0 saturated heterocycles. The van der Waals surface area contributed by atoms with Gasteiger partial charge in [0.1, 0.15) is 0 Å². The molecule has 0 spiro atoms. The Morgan fingerprint density at radius 1 is 1.26 bits per heavy atom. The third-order valence-corrected chi connectivity index (χ3v) is 4.31. The van der Waals surface area contributed by atoms with E-state index in [4.69, 9.17) is 0 Å². The molecule has 0 heterocycles. The van der Waals surface area contributed by atoms with Crippen LogP contribution in [0, 0.1) is 5.92 Å². The SMILES string of the molecule is C=C(C)/C(CCNCC)=C(C)/C(=C/C)C1CCCC1. The Labute approximate surface area is 119 Å². The van der Waals surface area contributed by atoms with Gasteiger partial charge in [-0.15, -0.1) is 0 Å². The van der Waals surface area contributed by atoms with Crippen molar-refractivity contribution in [1.82, 2.24) is 5.32 Å². The first-order valence-electron chi connectivity index (χ1n) is 7.84. The highest BCUT2D eigenvalue weighted by molar-refractivity contribution is 5.43. The van der Waals surface area contributed by atoms with E-state index in [0.29, 0.717) is 0 Å². The van der Waals surface area contributed by atoms with Gasteiger partial charge in [-0.25, -0.2) is 0 Å². The van der Waals surface area contributed by atoms with Crippen LogP contribution in [0.1, 0.15) is 59.8 Å².